The van der Waals surface area contributed by atoms with Gasteiger partial charge in [-0.2, -0.15) is 0 Å². The molecule has 0 bridgehead atoms. The first kappa shape index (κ1) is 21.6. The molecule has 0 aliphatic rings. The lowest BCUT2D eigenvalue weighted by atomic mass is 10.0. The van der Waals surface area contributed by atoms with E-state index < -0.39 is 43.5 Å². The third-order valence-electron chi connectivity index (χ3n) is 2.68. The summed E-state index contributed by atoms with van der Waals surface area (Å²) < 4.78 is 58.7. The lowest BCUT2D eigenvalue weighted by Gasteiger charge is -2.10. The zero-order chi connectivity index (χ0) is 17.8. The fourth-order valence-corrected chi connectivity index (χ4v) is 9.12. The third-order valence-corrected chi connectivity index (χ3v) is 10.0. The summed E-state index contributed by atoms with van der Waals surface area (Å²) in [6.45, 7) is 7.66. The van der Waals surface area contributed by atoms with Gasteiger partial charge in [-0.15, -0.1) is 0 Å². The summed E-state index contributed by atoms with van der Waals surface area (Å²) in [7, 11) is -10.8. The Kier molecular flexibility index (Phi) is 7.75. The molecule has 0 aromatic heterocycles. The smallest absolute Gasteiger partial charge is 0.185 e. The fourth-order valence-electron chi connectivity index (χ4n) is 1.62. The van der Waals surface area contributed by atoms with Gasteiger partial charge in [-0.1, -0.05) is 18.6 Å². The number of rotatable bonds is 8. The zero-order valence-corrected chi connectivity index (χ0v) is 16.1. The highest BCUT2D eigenvalue weighted by Gasteiger charge is 2.25. The second kappa shape index (κ2) is 7.90. The van der Waals surface area contributed by atoms with Gasteiger partial charge in [0.25, 0.3) is 0 Å². The highest BCUT2D eigenvalue weighted by atomic mass is 32.3. The molecule has 0 heterocycles. The molecule has 0 saturated carbocycles. The van der Waals surface area contributed by atoms with Crippen molar-refractivity contribution in [2.24, 2.45) is 5.92 Å². The summed E-state index contributed by atoms with van der Waals surface area (Å²) in [5, 5.41) is 9.15. The molecule has 0 aromatic rings. The molecule has 0 aliphatic heterocycles. The summed E-state index contributed by atoms with van der Waals surface area (Å²) >= 11 is 0. The van der Waals surface area contributed by atoms with Crippen LogP contribution in [0.5, 0.6) is 0 Å². The first-order valence-corrected chi connectivity index (χ1v) is 13.0. The Morgan fingerprint density at radius 2 is 1.68 bits per heavy atom. The predicted molar refractivity (Wildman–Crippen MR) is 90.8 cm³/mol. The van der Waals surface area contributed by atoms with Crippen LogP contribution < -0.4 is 0 Å². The molecule has 0 amide bonds. The minimum atomic E-state index is -3.96. The van der Waals surface area contributed by atoms with Crippen LogP contribution in [-0.2, 0) is 24.2 Å². The zero-order valence-electron chi connectivity index (χ0n) is 13.6. The number of aliphatic hydroxyl groups is 1. The minimum Gasteiger partial charge on any atom is -0.393 e. The van der Waals surface area contributed by atoms with Crippen molar-refractivity contribution in [3.05, 3.63) is 23.1 Å². The van der Waals surface area contributed by atoms with Crippen molar-refractivity contribution < 1.29 is 26.5 Å². The van der Waals surface area contributed by atoms with Gasteiger partial charge in [0.15, 0.2) is 24.8 Å². The van der Waals surface area contributed by atoms with E-state index in [0.29, 0.717) is 5.57 Å². The summed E-state index contributed by atoms with van der Waals surface area (Å²) in [4.78, 5) is 0. The second-order valence-corrected chi connectivity index (χ2v) is 14.2. The van der Waals surface area contributed by atoms with Gasteiger partial charge in [-0.3, -0.25) is 0 Å². The minimum absolute atomic E-state index is 0.151. The Balaban J connectivity index is 5.07. The van der Waals surface area contributed by atoms with Crippen molar-refractivity contribution >= 4 is 26.8 Å². The van der Waals surface area contributed by atoms with Crippen LogP contribution in [0, 0.1) is 5.92 Å². The summed E-state index contributed by atoms with van der Waals surface area (Å²) in [6, 6.07) is 0. The quantitative estimate of drug-likeness (QED) is 0.515. The van der Waals surface area contributed by atoms with Gasteiger partial charge in [-0.05, 0) is 33.3 Å². The average molecular weight is 372 g/mol. The maximum atomic E-state index is 11.8. The Morgan fingerprint density at radius 1 is 1.18 bits per heavy atom. The first-order valence-electron chi connectivity index (χ1n) is 6.65. The molecular weight excluding hydrogens is 347 g/mol. The van der Waals surface area contributed by atoms with E-state index in [2.05, 4.69) is 0 Å². The summed E-state index contributed by atoms with van der Waals surface area (Å²) in [6.07, 6.45) is 2.42. The molecule has 0 radical (unpaired) electrons. The van der Waals surface area contributed by atoms with Gasteiger partial charge in [0.05, 0.1) is 13.2 Å². The van der Waals surface area contributed by atoms with Crippen molar-refractivity contribution in [2.75, 3.05) is 23.9 Å². The second-order valence-electron chi connectivity index (χ2n) is 6.04. The Bertz CT molecular complexity index is 680. The topological polar surface area (TPSA) is 106 Å². The van der Waals surface area contributed by atoms with Gasteiger partial charge in [0, 0.05) is 11.3 Å². The molecule has 0 saturated heterocycles. The molecule has 0 aliphatic carbocycles. The van der Waals surface area contributed by atoms with Crippen molar-refractivity contribution in [3.63, 3.8) is 0 Å². The Hall–Kier alpha value is -0.430. The van der Waals surface area contributed by atoms with E-state index in [-0.39, 0.29) is 5.92 Å². The Morgan fingerprint density at radius 3 is 2.09 bits per heavy atom. The van der Waals surface area contributed by atoms with Crippen molar-refractivity contribution in [2.45, 2.75) is 26.9 Å². The van der Waals surface area contributed by atoms with Crippen LogP contribution in [0.2, 0.25) is 0 Å². The molecule has 2 unspecified atom stereocenters. The lowest BCUT2D eigenvalue weighted by Crippen LogP contribution is -2.17. The number of allylic oxidation sites excluding steroid dienone is 2. The molecule has 2 atom stereocenters. The molecule has 6 nitrogen and oxygen atoms in total. The van der Waals surface area contributed by atoms with Crippen molar-refractivity contribution in [1.29, 1.82) is 0 Å². The normalized spacial score (nSPS) is 17.6. The van der Waals surface area contributed by atoms with Crippen LogP contribution in [0.4, 0.5) is 0 Å². The van der Waals surface area contributed by atoms with Gasteiger partial charge >= 0.3 is 0 Å². The summed E-state index contributed by atoms with van der Waals surface area (Å²) in [5.74, 6) is -0.151. The van der Waals surface area contributed by atoms with Gasteiger partial charge in [-0.25, -0.2) is 16.8 Å². The van der Waals surface area contributed by atoms with E-state index in [0.717, 1.165) is 5.41 Å². The molecule has 1 N–H and O–H groups in total. The van der Waals surface area contributed by atoms with E-state index in [9.17, 15) is 26.5 Å². The van der Waals surface area contributed by atoms with Crippen LogP contribution in [-0.4, -0.2) is 52.0 Å². The number of hydrogen-bond donors (Lipinski definition) is 1. The Labute approximate surface area is 133 Å². The van der Waals surface area contributed by atoms with E-state index in [1.165, 1.54) is 19.4 Å². The van der Waals surface area contributed by atoms with Crippen LogP contribution in [0.25, 0.3) is 0 Å². The van der Waals surface area contributed by atoms with Crippen molar-refractivity contribution in [1.82, 2.24) is 0 Å². The van der Waals surface area contributed by atoms with Gasteiger partial charge in [0.1, 0.15) is 5.49 Å². The van der Waals surface area contributed by atoms with Crippen LogP contribution in [0.3, 0.4) is 0 Å². The van der Waals surface area contributed by atoms with E-state index in [1.807, 2.05) is 0 Å². The largest absolute Gasteiger partial charge is 0.393 e. The van der Waals surface area contributed by atoms with E-state index in [4.69, 9.17) is 0 Å². The highest BCUT2D eigenvalue weighted by Crippen LogP contribution is 2.37. The molecular formula is C13H25O6PS2. The molecule has 0 rings (SSSR count). The maximum absolute atomic E-state index is 11.8. The third kappa shape index (κ3) is 10.3. The monoisotopic (exact) mass is 372 g/mol. The molecule has 9 heteroatoms. The van der Waals surface area contributed by atoms with Crippen LogP contribution in [0.15, 0.2) is 23.1 Å². The first-order chi connectivity index (χ1) is 9.64. The number of sulfone groups is 2. The van der Waals surface area contributed by atoms with Gasteiger partial charge < -0.3 is 9.67 Å². The summed E-state index contributed by atoms with van der Waals surface area (Å²) in [5.41, 5.74) is -0.0213. The lowest BCUT2D eigenvalue weighted by molar-refractivity contribution is 0.157. The van der Waals surface area contributed by atoms with E-state index >= 15 is 0 Å². The number of hydrogen-bond acceptors (Lipinski definition) is 6. The van der Waals surface area contributed by atoms with Gasteiger partial charge in [0.2, 0.25) is 0 Å². The van der Waals surface area contributed by atoms with E-state index in [1.54, 1.807) is 26.8 Å². The molecule has 22 heavy (non-hydrogen) atoms. The molecule has 0 aromatic carbocycles. The van der Waals surface area contributed by atoms with Crippen LogP contribution in [0.1, 0.15) is 20.8 Å². The van der Waals surface area contributed by atoms with Crippen molar-refractivity contribution in [3.8, 4) is 0 Å². The predicted octanol–water partition coefficient (Wildman–Crippen LogP) is 1.83. The fraction of sp³-hybridized carbons (Fsp3) is 0.692. The SMILES string of the molecule is CC(/C=C/S(=O)(=O)CS(=O)(=O)CP(C)(C)=O)=C\C(C)C(C)O. The molecule has 0 spiro atoms. The standard InChI is InChI=1S/C13H25O6PS2/c1-11(8-12(2)13(3)14)6-7-21(16,17)10-22(18,19)9-20(4,5)15/h6-8,12-14H,9-10H2,1-5H3/b7-6+,11-8+. The molecule has 0 fully saturated rings. The average Bonchev–Trinajstić information content (AvgIpc) is 2.21. The highest BCUT2D eigenvalue weighted by molar-refractivity contribution is 8.11. The number of aliphatic hydroxyl groups excluding tert-OH is 1. The maximum Gasteiger partial charge on any atom is 0.185 e. The van der Waals surface area contributed by atoms with Crippen LogP contribution >= 0.6 is 7.14 Å². The molecule has 130 valence electrons.